The Kier molecular flexibility index (Phi) is 3.43. The van der Waals surface area contributed by atoms with Gasteiger partial charge in [-0.15, -0.1) is 0 Å². The van der Waals surface area contributed by atoms with E-state index in [2.05, 4.69) is 55.0 Å². The van der Waals surface area contributed by atoms with Gasteiger partial charge in [0, 0.05) is 24.5 Å². The lowest BCUT2D eigenvalue weighted by molar-refractivity contribution is 0.590. The maximum Gasteiger partial charge on any atom is 0.0930 e. The van der Waals surface area contributed by atoms with E-state index in [1.54, 1.807) is 12.4 Å². The molecule has 18 heavy (non-hydrogen) atoms. The van der Waals surface area contributed by atoms with E-state index in [1.165, 1.54) is 5.56 Å². The first-order valence-electron chi connectivity index (χ1n) is 6.13. The van der Waals surface area contributed by atoms with Crippen LogP contribution in [0.1, 0.15) is 32.0 Å². The summed E-state index contributed by atoms with van der Waals surface area (Å²) in [6.45, 7) is 7.02. The van der Waals surface area contributed by atoms with Crippen molar-refractivity contribution >= 4 is 0 Å². The number of aromatic nitrogens is 2. The molecular formula is C15H19N3. The quantitative estimate of drug-likeness (QED) is 0.879. The van der Waals surface area contributed by atoms with Gasteiger partial charge in [0.2, 0.25) is 0 Å². The SMILES string of the molecule is CC(C)(C)c1ccc(-c2nccnc2CN)cc1. The summed E-state index contributed by atoms with van der Waals surface area (Å²) in [5, 5.41) is 0. The fourth-order valence-electron chi connectivity index (χ4n) is 1.89. The molecule has 3 nitrogen and oxygen atoms in total. The molecule has 1 aromatic heterocycles. The van der Waals surface area contributed by atoms with Crippen LogP contribution in [0.25, 0.3) is 11.3 Å². The first-order valence-corrected chi connectivity index (χ1v) is 6.13. The summed E-state index contributed by atoms with van der Waals surface area (Å²) in [6, 6.07) is 8.46. The molecule has 0 aliphatic heterocycles. The zero-order valence-electron chi connectivity index (χ0n) is 11.1. The minimum Gasteiger partial charge on any atom is -0.325 e. The van der Waals surface area contributed by atoms with Crippen LogP contribution < -0.4 is 5.73 Å². The zero-order valence-corrected chi connectivity index (χ0v) is 11.1. The van der Waals surface area contributed by atoms with Crippen LogP contribution in [-0.4, -0.2) is 9.97 Å². The lowest BCUT2D eigenvalue weighted by Gasteiger charge is -2.19. The van der Waals surface area contributed by atoms with Gasteiger partial charge in [-0.1, -0.05) is 45.0 Å². The van der Waals surface area contributed by atoms with Crippen molar-refractivity contribution in [2.45, 2.75) is 32.7 Å². The number of rotatable bonds is 2. The Morgan fingerprint density at radius 3 is 2.17 bits per heavy atom. The fourth-order valence-corrected chi connectivity index (χ4v) is 1.89. The van der Waals surface area contributed by atoms with Gasteiger partial charge < -0.3 is 5.73 Å². The Hall–Kier alpha value is -1.74. The number of nitrogens with zero attached hydrogens (tertiary/aromatic N) is 2. The molecule has 0 amide bonds. The van der Waals surface area contributed by atoms with E-state index in [0.29, 0.717) is 6.54 Å². The lowest BCUT2D eigenvalue weighted by atomic mass is 9.86. The van der Waals surface area contributed by atoms with Gasteiger partial charge in [0.05, 0.1) is 11.4 Å². The van der Waals surface area contributed by atoms with E-state index in [4.69, 9.17) is 5.73 Å². The van der Waals surface area contributed by atoms with Crippen LogP contribution in [0.5, 0.6) is 0 Å². The third-order valence-electron chi connectivity index (χ3n) is 2.99. The largest absolute Gasteiger partial charge is 0.325 e. The van der Waals surface area contributed by atoms with Gasteiger partial charge >= 0.3 is 0 Å². The topological polar surface area (TPSA) is 51.8 Å². The summed E-state index contributed by atoms with van der Waals surface area (Å²) in [7, 11) is 0. The second kappa shape index (κ2) is 4.86. The number of benzene rings is 1. The van der Waals surface area contributed by atoms with E-state index in [0.717, 1.165) is 17.0 Å². The molecule has 0 radical (unpaired) electrons. The predicted octanol–water partition coefficient (Wildman–Crippen LogP) is 2.90. The molecule has 0 saturated carbocycles. The highest BCUT2D eigenvalue weighted by Crippen LogP contribution is 2.26. The van der Waals surface area contributed by atoms with Crippen molar-refractivity contribution in [3.8, 4) is 11.3 Å². The van der Waals surface area contributed by atoms with Crippen molar-refractivity contribution in [3.63, 3.8) is 0 Å². The highest BCUT2D eigenvalue weighted by atomic mass is 14.8. The average molecular weight is 241 g/mol. The molecule has 94 valence electrons. The van der Waals surface area contributed by atoms with Crippen LogP contribution in [0.4, 0.5) is 0 Å². The predicted molar refractivity (Wildman–Crippen MR) is 74.1 cm³/mol. The van der Waals surface area contributed by atoms with E-state index in [1.807, 2.05) is 0 Å². The fraction of sp³-hybridized carbons (Fsp3) is 0.333. The standard InChI is InChI=1S/C15H19N3/c1-15(2,3)12-6-4-11(5-7-12)14-13(10-16)17-8-9-18-14/h4-9H,10,16H2,1-3H3. The molecule has 2 N–H and O–H groups in total. The molecule has 0 spiro atoms. The Morgan fingerprint density at radius 1 is 1.00 bits per heavy atom. The Labute approximate surface area is 108 Å². The first-order chi connectivity index (χ1) is 8.52. The molecule has 0 unspecified atom stereocenters. The molecule has 0 atom stereocenters. The van der Waals surface area contributed by atoms with Crippen molar-refractivity contribution < 1.29 is 0 Å². The second-order valence-electron chi connectivity index (χ2n) is 5.38. The van der Waals surface area contributed by atoms with E-state index in [-0.39, 0.29) is 5.41 Å². The molecule has 1 aromatic carbocycles. The molecule has 0 saturated heterocycles. The summed E-state index contributed by atoms with van der Waals surface area (Å²) in [5.41, 5.74) is 9.93. The zero-order chi connectivity index (χ0) is 13.2. The van der Waals surface area contributed by atoms with Crippen LogP contribution in [0, 0.1) is 0 Å². The third kappa shape index (κ3) is 2.57. The summed E-state index contributed by atoms with van der Waals surface area (Å²) in [5.74, 6) is 0. The van der Waals surface area contributed by atoms with Crippen LogP contribution in [0.2, 0.25) is 0 Å². The molecule has 3 heteroatoms. The highest BCUT2D eigenvalue weighted by molar-refractivity contribution is 5.61. The van der Waals surface area contributed by atoms with Gasteiger partial charge in [-0.2, -0.15) is 0 Å². The van der Waals surface area contributed by atoms with Crippen molar-refractivity contribution in [2.75, 3.05) is 0 Å². The summed E-state index contributed by atoms with van der Waals surface area (Å²) < 4.78 is 0. The number of hydrogen-bond acceptors (Lipinski definition) is 3. The van der Waals surface area contributed by atoms with Gasteiger partial charge in [0.15, 0.2) is 0 Å². The molecule has 2 rings (SSSR count). The first kappa shape index (κ1) is 12.7. The van der Waals surface area contributed by atoms with Crippen molar-refractivity contribution in [2.24, 2.45) is 5.73 Å². The molecule has 0 aliphatic rings. The molecular weight excluding hydrogens is 222 g/mol. The molecule has 1 heterocycles. The number of nitrogens with two attached hydrogens (primary N) is 1. The van der Waals surface area contributed by atoms with Gasteiger partial charge in [-0.25, -0.2) is 0 Å². The van der Waals surface area contributed by atoms with Gasteiger partial charge in [-0.3, -0.25) is 9.97 Å². The minimum atomic E-state index is 0.164. The van der Waals surface area contributed by atoms with Gasteiger partial charge in [-0.05, 0) is 11.0 Å². The Bertz CT molecular complexity index is 524. The number of hydrogen-bond donors (Lipinski definition) is 1. The van der Waals surface area contributed by atoms with E-state index >= 15 is 0 Å². The smallest absolute Gasteiger partial charge is 0.0930 e. The Morgan fingerprint density at radius 2 is 1.61 bits per heavy atom. The third-order valence-corrected chi connectivity index (χ3v) is 2.99. The maximum atomic E-state index is 5.68. The van der Waals surface area contributed by atoms with Crippen LogP contribution in [0.15, 0.2) is 36.7 Å². The normalized spacial score (nSPS) is 11.6. The molecule has 0 fully saturated rings. The summed E-state index contributed by atoms with van der Waals surface area (Å²) in [4.78, 5) is 8.63. The summed E-state index contributed by atoms with van der Waals surface area (Å²) >= 11 is 0. The second-order valence-corrected chi connectivity index (χ2v) is 5.38. The van der Waals surface area contributed by atoms with Gasteiger partial charge in [0.25, 0.3) is 0 Å². The monoisotopic (exact) mass is 241 g/mol. The lowest BCUT2D eigenvalue weighted by Crippen LogP contribution is -2.10. The summed E-state index contributed by atoms with van der Waals surface area (Å²) in [6.07, 6.45) is 3.38. The van der Waals surface area contributed by atoms with Crippen molar-refractivity contribution in [1.82, 2.24) is 9.97 Å². The van der Waals surface area contributed by atoms with E-state index < -0.39 is 0 Å². The highest BCUT2D eigenvalue weighted by Gasteiger charge is 2.14. The van der Waals surface area contributed by atoms with Crippen LogP contribution in [-0.2, 0) is 12.0 Å². The van der Waals surface area contributed by atoms with Crippen LogP contribution >= 0.6 is 0 Å². The van der Waals surface area contributed by atoms with Crippen LogP contribution in [0.3, 0.4) is 0 Å². The maximum absolute atomic E-state index is 5.68. The van der Waals surface area contributed by atoms with Crippen molar-refractivity contribution in [1.29, 1.82) is 0 Å². The minimum absolute atomic E-state index is 0.164. The van der Waals surface area contributed by atoms with E-state index in [9.17, 15) is 0 Å². The van der Waals surface area contributed by atoms with Crippen molar-refractivity contribution in [3.05, 3.63) is 47.9 Å². The molecule has 2 aromatic rings. The van der Waals surface area contributed by atoms with Gasteiger partial charge in [0.1, 0.15) is 0 Å². The molecule has 0 bridgehead atoms. The Balaban J connectivity index is 2.41. The average Bonchev–Trinajstić information content (AvgIpc) is 2.38. The molecule has 0 aliphatic carbocycles.